The summed E-state index contributed by atoms with van der Waals surface area (Å²) >= 11 is 0. The van der Waals surface area contributed by atoms with Crippen LogP contribution in [0.15, 0.2) is 108 Å². The summed E-state index contributed by atoms with van der Waals surface area (Å²) in [6, 6.07) is 22.3. The predicted octanol–water partition coefficient (Wildman–Crippen LogP) is 3.60. The van der Waals surface area contributed by atoms with Gasteiger partial charge in [-0.05, 0) is 48.5 Å². The summed E-state index contributed by atoms with van der Waals surface area (Å²) in [5, 5.41) is 9.13. The molecule has 0 fully saturated rings. The molecule has 4 heterocycles. The monoisotopic (exact) mass is 394 g/mol. The van der Waals surface area contributed by atoms with Gasteiger partial charge in [-0.1, -0.05) is 24.3 Å². The Morgan fingerprint density at radius 3 is 1.23 bits per heavy atom. The van der Waals surface area contributed by atoms with Crippen LogP contribution < -0.4 is 10.9 Å². The number of hydrazone groups is 2. The smallest absolute Gasteiger partial charge is 0.146 e. The molecule has 0 unspecified atom stereocenters. The summed E-state index contributed by atoms with van der Waals surface area (Å²) in [5.41, 5.74) is 8.22. The van der Waals surface area contributed by atoms with Crippen LogP contribution in [0.3, 0.4) is 0 Å². The normalized spacial score (nSPS) is 11.7. The van der Waals surface area contributed by atoms with Crippen molar-refractivity contribution in [2.75, 3.05) is 10.9 Å². The maximum Gasteiger partial charge on any atom is 0.146 e. The number of hydrogen-bond acceptors (Lipinski definition) is 8. The molecule has 146 valence electrons. The van der Waals surface area contributed by atoms with Gasteiger partial charge < -0.3 is 0 Å². The minimum absolute atomic E-state index is 0.503. The minimum Gasteiger partial charge on any atom is -0.261 e. The molecule has 30 heavy (non-hydrogen) atoms. The van der Waals surface area contributed by atoms with Crippen molar-refractivity contribution in [2.45, 2.75) is 0 Å². The van der Waals surface area contributed by atoms with Gasteiger partial charge in [-0.15, -0.1) is 0 Å². The fourth-order valence-electron chi connectivity index (χ4n) is 2.55. The van der Waals surface area contributed by atoms with Crippen molar-refractivity contribution in [1.29, 1.82) is 0 Å². The van der Waals surface area contributed by atoms with E-state index in [0.717, 1.165) is 0 Å². The first kappa shape index (κ1) is 18.9. The van der Waals surface area contributed by atoms with E-state index in [0.29, 0.717) is 34.4 Å². The third kappa shape index (κ3) is 4.87. The average molecular weight is 394 g/mol. The summed E-state index contributed by atoms with van der Waals surface area (Å²) in [7, 11) is 0. The maximum absolute atomic E-state index is 4.56. The molecule has 4 aromatic rings. The second-order valence-electron chi connectivity index (χ2n) is 6.00. The molecule has 0 radical (unpaired) electrons. The highest BCUT2D eigenvalue weighted by atomic mass is 15.3. The van der Waals surface area contributed by atoms with Crippen LogP contribution in [0.2, 0.25) is 0 Å². The molecule has 0 amide bonds. The van der Waals surface area contributed by atoms with Crippen molar-refractivity contribution in [3.8, 4) is 0 Å². The van der Waals surface area contributed by atoms with Crippen molar-refractivity contribution < 1.29 is 0 Å². The maximum atomic E-state index is 4.56. The van der Waals surface area contributed by atoms with Gasteiger partial charge in [0.25, 0.3) is 0 Å². The number of rotatable bonds is 7. The van der Waals surface area contributed by atoms with Crippen molar-refractivity contribution >= 4 is 23.1 Å². The largest absolute Gasteiger partial charge is 0.261 e. The highest BCUT2D eigenvalue weighted by molar-refractivity contribution is 6.52. The van der Waals surface area contributed by atoms with Gasteiger partial charge in [-0.25, -0.2) is 9.97 Å². The first-order valence-corrected chi connectivity index (χ1v) is 9.23. The van der Waals surface area contributed by atoms with Crippen molar-refractivity contribution in [2.24, 2.45) is 10.2 Å². The van der Waals surface area contributed by atoms with E-state index in [9.17, 15) is 0 Å². The highest BCUT2D eigenvalue weighted by Crippen LogP contribution is 2.10. The fourth-order valence-corrected chi connectivity index (χ4v) is 2.55. The van der Waals surface area contributed by atoms with Gasteiger partial charge in [-0.2, -0.15) is 10.2 Å². The lowest BCUT2D eigenvalue weighted by molar-refractivity contribution is 1.19. The van der Waals surface area contributed by atoms with Gasteiger partial charge in [0.2, 0.25) is 0 Å². The zero-order valence-electron chi connectivity index (χ0n) is 15.9. The van der Waals surface area contributed by atoms with E-state index in [-0.39, 0.29) is 0 Å². The van der Waals surface area contributed by atoms with Crippen molar-refractivity contribution in [3.05, 3.63) is 109 Å². The Morgan fingerprint density at radius 1 is 0.500 bits per heavy atom. The van der Waals surface area contributed by atoms with Crippen LogP contribution in [-0.4, -0.2) is 31.4 Å². The lowest BCUT2D eigenvalue weighted by Gasteiger charge is -2.11. The number of anilines is 2. The molecule has 0 atom stereocenters. The molecular formula is C22H18N8. The van der Waals surface area contributed by atoms with Gasteiger partial charge in [-0.3, -0.25) is 20.8 Å². The Kier molecular flexibility index (Phi) is 6.07. The van der Waals surface area contributed by atoms with E-state index in [4.69, 9.17) is 0 Å². The molecule has 0 aliphatic carbocycles. The summed E-state index contributed by atoms with van der Waals surface area (Å²) in [4.78, 5) is 17.4. The van der Waals surface area contributed by atoms with Crippen LogP contribution in [-0.2, 0) is 0 Å². The Hall–Kier alpha value is -4.46. The number of nitrogens with one attached hydrogen (secondary N) is 2. The first-order valence-electron chi connectivity index (χ1n) is 9.23. The molecular weight excluding hydrogens is 376 g/mol. The Labute approximate surface area is 173 Å². The molecule has 4 rings (SSSR count). The summed E-state index contributed by atoms with van der Waals surface area (Å²) < 4.78 is 0. The molecule has 0 spiro atoms. The van der Waals surface area contributed by atoms with Gasteiger partial charge in [0.1, 0.15) is 23.1 Å². The SMILES string of the molecule is c1ccc(NN=C(C(=NNc2ccccn2)c2ccccn2)c2ccccn2)nc1. The number of nitrogens with zero attached hydrogens (tertiary/aromatic N) is 6. The van der Waals surface area contributed by atoms with Crippen molar-refractivity contribution in [3.63, 3.8) is 0 Å². The lowest BCUT2D eigenvalue weighted by atomic mass is 10.1. The molecule has 0 aromatic carbocycles. The van der Waals surface area contributed by atoms with E-state index < -0.39 is 0 Å². The van der Waals surface area contributed by atoms with E-state index in [1.54, 1.807) is 24.8 Å². The third-order valence-electron chi connectivity index (χ3n) is 3.93. The minimum atomic E-state index is 0.503. The predicted molar refractivity (Wildman–Crippen MR) is 117 cm³/mol. The molecule has 0 saturated carbocycles. The van der Waals surface area contributed by atoms with Crippen LogP contribution in [0.25, 0.3) is 0 Å². The number of hydrogen-bond donors (Lipinski definition) is 2. The molecule has 0 saturated heterocycles. The number of pyridine rings is 4. The highest BCUT2D eigenvalue weighted by Gasteiger charge is 2.18. The Bertz CT molecular complexity index is 1020. The van der Waals surface area contributed by atoms with Crippen molar-refractivity contribution in [1.82, 2.24) is 19.9 Å². The Balaban J connectivity index is 1.78. The van der Waals surface area contributed by atoms with E-state index >= 15 is 0 Å². The van der Waals surface area contributed by atoms with Crippen LogP contribution in [0, 0.1) is 0 Å². The molecule has 0 aliphatic heterocycles. The first-order chi connectivity index (χ1) is 14.9. The Morgan fingerprint density at radius 2 is 0.900 bits per heavy atom. The lowest BCUT2D eigenvalue weighted by Crippen LogP contribution is -2.22. The molecule has 4 aromatic heterocycles. The second kappa shape index (κ2) is 9.65. The zero-order valence-corrected chi connectivity index (χ0v) is 15.9. The topological polar surface area (TPSA) is 100 Å². The van der Waals surface area contributed by atoms with Crippen LogP contribution in [0.5, 0.6) is 0 Å². The van der Waals surface area contributed by atoms with Gasteiger partial charge in [0.15, 0.2) is 0 Å². The second-order valence-corrected chi connectivity index (χ2v) is 6.00. The van der Waals surface area contributed by atoms with Crippen LogP contribution >= 0.6 is 0 Å². The number of aromatic nitrogens is 4. The molecule has 0 bridgehead atoms. The summed E-state index contributed by atoms with van der Waals surface area (Å²) in [6.07, 6.45) is 6.78. The van der Waals surface area contributed by atoms with Gasteiger partial charge in [0, 0.05) is 24.8 Å². The molecule has 8 nitrogen and oxygen atoms in total. The summed E-state index contributed by atoms with van der Waals surface area (Å²) in [6.45, 7) is 0. The standard InChI is InChI=1S/C22H18N8/c1-5-13-23-17(9-1)21(29-27-19-11-3-7-15-25-19)22(18-10-2-6-14-24-18)30-28-20-12-4-8-16-26-20/h1-16H,(H,25,27)(H,26,28). The molecule has 0 aliphatic rings. The third-order valence-corrected chi connectivity index (χ3v) is 3.93. The van der Waals surface area contributed by atoms with Gasteiger partial charge in [0.05, 0.1) is 11.4 Å². The summed E-state index contributed by atoms with van der Waals surface area (Å²) in [5.74, 6) is 1.20. The quantitative estimate of drug-likeness (QED) is 0.367. The molecule has 8 heteroatoms. The van der Waals surface area contributed by atoms with E-state index in [2.05, 4.69) is 41.0 Å². The zero-order chi connectivity index (χ0) is 20.4. The molecule has 2 N–H and O–H groups in total. The van der Waals surface area contributed by atoms with Crippen LogP contribution in [0.1, 0.15) is 11.4 Å². The average Bonchev–Trinajstić information content (AvgIpc) is 2.83. The van der Waals surface area contributed by atoms with E-state index in [1.165, 1.54) is 0 Å². The fraction of sp³-hybridized carbons (Fsp3) is 0. The van der Waals surface area contributed by atoms with E-state index in [1.807, 2.05) is 72.8 Å². The van der Waals surface area contributed by atoms with Crippen LogP contribution in [0.4, 0.5) is 11.6 Å². The van der Waals surface area contributed by atoms with Gasteiger partial charge >= 0.3 is 0 Å².